The zero-order valence-corrected chi connectivity index (χ0v) is 59.3. The summed E-state index contributed by atoms with van der Waals surface area (Å²) in [7, 11) is 0. The second-order valence-corrected chi connectivity index (χ2v) is 27.8. The van der Waals surface area contributed by atoms with E-state index in [4.69, 9.17) is 18.9 Å². The lowest BCUT2D eigenvalue weighted by atomic mass is 9.97. The minimum absolute atomic E-state index is 0.245. The SMILES string of the molecule is CCCCCCCCCCCCCCCCCCC/C=C/CC/C=C/CC/C=C/C(O)C(COC1OC(CO)C(OC2OC(CO)C(O)C(O)C2O)C(O)C1O)NC(=O)CCCCCCCCCCCCCCCCCCCCCCCCCCCCCCCCC. The van der Waals surface area contributed by atoms with Crippen molar-refractivity contribution >= 4 is 5.91 Å². The maximum Gasteiger partial charge on any atom is 0.220 e. The molecule has 0 aromatic carbocycles. The molecule has 12 unspecified atom stereocenters. The van der Waals surface area contributed by atoms with Crippen molar-refractivity contribution < 1.29 is 64.6 Å². The molecule has 92 heavy (non-hydrogen) atoms. The second kappa shape index (κ2) is 62.7. The zero-order valence-electron chi connectivity index (χ0n) is 59.3. The molecule has 2 aliphatic rings. The molecule has 2 aliphatic heterocycles. The van der Waals surface area contributed by atoms with Crippen LogP contribution in [0.4, 0.5) is 0 Å². The highest BCUT2D eigenvalue weighted by molar-refractivity contribution is 5.76. The van der Waals surface area contributed by atoms with Crippen LogP contribution in [0.3, 0.4) is 0 Å². The van der Waals surface area contributed by atoms with Crippen molar-refractivity contribution in [3.8, 4) is 0 Å². The molecular weight excluding hydrogens is 1160 g/mol. The normalized spacial score (nSPS) is 22.8. The lowest BCUT2D eigenvalue weighted by molar-refractivity contribution is -0.359. The van der Waals surface area contributed by atoms with Crippen LogP contribution in [0.2, 0.25) is 0 Å². The Morgan fingerprint density at radius 1 is 0.380 bits per heavy atom. The molecule has 2 saturated heterocycles. The number of hydrogen-bond acceptors (Lipinski definition) is 13. The smallest absolute Gasteiger partial charge is 0.220 e. The molecular formula is C78H147NO13. The van der Waals surface area contributed by atoms with E-state index in [1.807, 2.05) is 6.08 Å². The summed E-state index contributed by atoms with van der Waals surface area (Å²) < 4.78 is 22.9. The standard InChI is InChI=1S/C78H147NO13/c1-3-5-7-9-11-13-15-17-19-21-23-25-27-29-31-32-33-34-36-38-40-42-44-46-48-50-52-54-56-58-60-62-70(83)79-66(65-89-77-75(88)73(86)76(69(64-81)91-77)92-78-74(87)72(85)71(84)68(63-80)90-78)67(82)61-59-57-55-53-51-49-47-45-43-41-39-37-35-30-28-26-24-22-20-18-16-14-12-10-8-6-4-2/h43,45,51,53,59,61,66-69,71-78,80-82,84-88H,3-42,44,46-50,52,54-58,60,62-65H2,1-2H3,(H,79,83)/b45-43+,53-51+,61-59+. The third kappa shape index (κ3) is 45.7. The fourth-order valence-electron chi connectivity index (χ4n) is 13.1. The van der Waals surface area contributed by atoms with Crippen LogP contribution in [0, 0.1) is 0 Å². The first-order chi connectivity index (χ1) is 45.1. The average molecular weight is 1310 g/mol. The molecule has 0 aromatic rings. The van der Waals surface area contributed by atoms with Gasteiger partial charge in [-0.15, -0.1) is 0 Å². The third-order valence-corrected chi connectivity index (χ3v) is 19.3. The number of carbonyl (C=O) groups excluding carboxylic acids is 1. The molecule has 9 N–H and O–H groups in total. The van der Waals surface area contributed by atoms with Crippen LogP contribution in [-0.2, 0) is 23.7 Å². The van der Waals surface area contributed by atoms with E-state index >= 15 is 0 Å². The fraction of sp³-hybridized carbons (Fsp3) is 0.910. The van der Waals surface area contributed by atoms with Crippen molar-refractivity contribution in [2.24, 2.45) is 0 Å². The summed E-state index contributed by atoms with van der Waals surface area (Å²) in [4.78, 5) is 13.4. The maximum absolute atomic E-state index is 13.4. The molecule has 0 aromatic heterocycles. The van der Waals surface area contributed by atoms with Gasteiger partial charge >= 0.3 is 0 Å². The molecule has 0 saturated carbocycles. The first-order valence-electron chi connectivity index (χ1n) is 39.2. The van der Waals surface area contributed by atoms with E-state index in [1.54, 1.807) is 6.08 Å². The van der Waals surface area contributed by atoms with Gasteiger partial charge in [0.25, 0.3) is 0 Å². The number of carbonyl (C=O) groups is 1. The quantitative estimate of drug-likeness (QED) is 0.0204. The first-order valence-corrected chi connectivity index (χ1v) is 39.2. The minimum Gasteiger partial charge on any atom is -0.394 e. The molecule has 2 rings (SSSR count). The summed E-state index contributed by atoms with van der Waals surface area (Å²) in [5, 5.41) is 87.6. The van der Waals surface area contributed by atoms with Crippen molar-refractivity contribution in [3.05, 3.63) is 36.5 Å². The monoisotopic (exact) mass is 1310 g/mol. The summed E-state index contributed by atoms with van der Waals surface area (Å²) in [5.74, 6) is -0.245. The molecule has 12 atom stereocenters. The van der Waals surface area contributed by atoms with E-state index in [0.717, 1.165) is 44.9 Å². The van der Waals surface area contributed by atoms with Crippen molar-refractivity contribution in [2.45, 2.75) is 434 Å². The Kier molecular flexibility index (Phi) is 58.8. The molecule has 1 amide bonds. The third-order valence-electron chi connectivity index (χ3n) is 19.3. The van der Waals surface area contributed by atoms with E-state index in [-0.39, 0.29) is 18.9 Å². The Morgan fingerprint density at radius 2 is 0.696 bits per heavy atom. The molecule has 14 heteroatoms. The Hall–Kier alpha value is -1.79. The van der Waals surface area contributed by atoms with Gasteiger partial charge in [-0.1, -0.05) is 346 Å². The van der Waals surface area contributed by atoms with Gasteiger partial charge in [0.1, 0.15) is 48.8 Å². The molecule has 2 fully saturated rings. The van der Waals surface area contributed by atoms with Crippen LogP contribution in [-0.4, -0.2) is 140 Å². The van der Waals surface area contributed by atoms with Crippen molar-refractivity contribution in [1.82, 2.24) is 5.32 Å². The Bertz CT molecular complexity index is 1680. The van der Waals surface area contributed by atoms with E-state index in [2.05, 4.69) is 43.5 Å². The fourth-order valence-corrected chi connectivity index (χ4v) is 13.1. The molecule has 2 heterocycles. The summed E-state index contributed by atoms with van der Waals surface area (Å²) in [6, 6.07) is -0.938. The predicted molar refractivity (Wildman–Crippen MR) is 378 cm³/mol. The van der Waals surface area contributed by atoms with Crippen LogP contribution in [0.25, 0.3) is 0 Å². The van der Waals surface area contributed by atoms with Gasteiger partial charge in [0.05, 0.1) is 32.0 Å². The van der Waals surface area contributed by atoms with Gasteiger partial charge < -0.3 is 65.1 Å². The maximum atomic E-state index is 13.4. The first kappa shape index (κ1) is 86.3. The van der Waals surface area contributed by atoms with E-state index in [1.165, 1.54) is 283 Å². The van der Waals surface area contributed by atoms with Crippen LogP contribution in [0.5, 0.6) is 0 Å². The lowest BCUT2D eigenvalue weighted by Crippen LogP contribution is -2.65. The van der Waals surface area contributed by atoms with Crippen molar-refractivity contribution in [3.63, 3.8) is 0 Å². The molecule has 0 bridgehead atoms. The highest BCUT2D eigenvalue weighted by Gasteiger charge is 2.51. The van der Waals surface area contributed by atoms with Gasteiger partial charge in [-0.3, -0.25) is 4.79 Å². The predicted octanol–water partition coefficient (Wildman–Crippen LogP) is 17.2. The summed E-state index contributed by atoms with van der Waals surface area (Å²) in [5.41, 5.74) is 0. The summed E-state index contributed by atoms with van der Waals surface area (Å²) in [6.45, 7) is 2.84. The minimum atomic E-state index is -1.79. The van der Waals surface area contributed by atoms with E-state index in [0.29, 0.717) is 12.8 Å². The number of allylic oxidation sites excluding steroid dienone is 5. The van der Waals surface area contributed by atoms with Crippen molar-refractivity contribution in [1.29, 1.82) is 0 Å². The summed E-state index contributed by atoms with van der Waals surface area (Å²) in [6.07, 6.45) is 65.2. The van der Waals surface area contributed by atoms with Crippen LogP contribution in [0.1, 0.15) is 361 Å². The topological polar surface area (TPSA) is 228 Å². The van der Waals surface area contributed by atoms with E-state index < -0.39 is 86.8 Å². The largest absolute Gasteiger partial charge is 0.394 e. The summed E-state index contributed by atoms with van der Waals surface area (Å²) >= 11 is 0. The van der Waals surface area contributed by atoms with Gasteiger partial charge in [-0.05, 0) is 44.9 Å². The van der Waals surface area contributed by atoms with Gasteiger partial charge in [-0.2, -0.15) is 0 Å². The second-order valence-electron chi connectivity index (χ2n) is 27.8. The molecule has 0 aliphatic carbocycles. The number of hydrogen-bond donors (Lipinski definition) is 9. The Balaban J connectivity index is 1.65. The Labute approximate surface area is 563 Å². The average Bonchev–Trinajstić information content (AvgIpc) is 0.852. The highest BCUT2D eigenvalue weighted by Crippen LogP contribution is 2.30. The molecule has 542 valence electrons. The van der Waals surface area contributed by atoms with Crippen molar-refractivity contribution in [2.75, 3.05) is 19.8 Å². The number of nitrogens with one attached hydrogen (secondary N) is 1. The zero-order chi connectivity index (χ0) is 66.6. The molecule has 0 radical (unpaired) electrons. The van der Waals surface area contributed by atoms with Gasteiger partial charge in [-0.25, -0.2) is 0 Å². The number of unbranched alkanes of at least 4 members (excludes halogenated alkanes) is 49. The van der Waals surface area contributed by atoms with Gasteiger partial charge in [0.2, 0.25) is 5.91 Å². The van der Waals surface area contributed by atoms with Crippen LogP contribution in [0.15, 0.2) is 36.5 Å². The number of ether oxygens (including phenoxy) is 4. The number of rotatable bonds is 66. The Morgan fingerprint density at radius 3 is 1.07 bits per heavy atom. The van der Waals surface area contributed by atoms with Gasteiger partial charge in [0.15, 0.2) is 12.6 Å². The van der Waals surface area contributed by atoms with E-state index in [9.17, 15) is 45.6 Å². The number of amides is 1. The van der Waals surface area contributed by atoms with Crippen LogP contribution < -0.4 is 5.32 Å². The van der Waals surface area contributed by atoms with Gasteiger partial charge in [0, 0.05) is 6.42 Å². The lowest BCUT2D eigenvalue weighted by Gasteiger charge is -2.46. The highest BCUT2D eigenvalue weighted by atomic mass is 16.7. The van der Waals surface area contributed by atoms with Crippen LogP contribution >= 0.6 is 0 Å². The number of aliphatic hydroxyl groups is 8. The molecule has 0 spiro atoms. The number of aliphatic hydroxyl groups excluding tert-OH is 8. The molecule has 14 nitrogen and oxygen atoms in total.